The van der Waals surface area contributed by atoms with Gasteiger partial charge in [-0.25, -0.2) is 0 Å². The number of nitrogens with zero attached hydrogens (tertiary/aromatic N) is 1. The number of para-hydroxylation sites is 1. The number of carbonyl (C=O) groups excluding carboxylic acids is 2. The average molecular weight is 411 g/mol. The highest BCUT2D eigenvalue weighted by atomic mass is 16.7. The van der Waals surface area contributed by atoms with Crippen LogP contribution in [-0.4, -0.2) is 36.6 Å². The molecule has 6 heteroatoms. The molecule has 1 N–H and O–H groups in total. The molecule has 30 heavy (non-hydrogen) atoms. The molecule has 3 atom stereocenters. The molecule has 4 bridgehead atoms. The van der Waals surface area contributed by atoms with Crippen LogP contribution in [0.4, 0.5) is 0 Å². The van der Waals surface area contributed by atoms with Crippen LogP contribution in [0.15, 0.2) is 18.2 Å². The molecule has 0 spiro atoms. The third-order valence-corrected chi connectivity index (χ3v) is 8.72. The minimum atomic E-state index is -0.464. The van der Waals surface area contributed by atoms with Crippen LogP contribution in [0, 0.1) is 28.6 Å². The summed E-state index contributed by atoms with van der Waals surface area (Å²) >= 11 is 0. The number of carbonyl (C=O) groups is 2. The molecule has 0 radical (unpaired) electrons. The number of fused-ring (bicyclic) bond motifs is 1. The third kappa shape index (κ3) is 2.20. The second kappa shape index (κ2) is 5.92. The lowest BCUT2D eigenvalue weighted by molar-refractivity contribution is -0.199. The number of hydrogen-bond donors (Lipinski definition) is 1. The van der Waals surface area contributed by atoms with E-state index in [1.807, 2.05) is 26.0 Å². The maximum Gasteiger partial charge on any atom is 0.231 e. The Hall–Kier alpha value is -2.24. The summed E-state index contributed by atoms with van der Waals surface area (Å²) in [5.41, 5.74) is 0.379. The SMILES string of the molecule is CNC(=O)[C@]12CC3CC(C1)[C@@H](N1C(=O)C(C)(C)C1c1cccc4c1OCO4)C(C3)C2. The zero-order valence-electron chi connectivity index (χ0n) is 17.9. The van der Waals surface area contributed by atoms with Crippen LogP contribution in [0.25, 0.3) is 0 Å². The number of benzene rings is 1. The van der Waals surface area contributed by atoms with Gasteiger partial charge in [0.05, 0.1) is 16.9 Å². The minimum absolute atomic E-state index is 0.0138. The molecular formula is C24H30N2O4. The molecule has 1 aromatic carbocycles. The monoisotopic (exact) mass is 410 g/mol. The Bertz CT molecular complexity index is 925. The van der Waals surface area contributed by atoms with E-state index in [-0.39, 0.29) is 36.1 Å². The van der Waals surface area contributed by atoms with Crippen LogP contribution in [0.1, 0.15) is 57.6 Å². The molecule has 2 aliphatic heterocycles. The molecule has 5 fully saturated rings. The van der Waals surface area contributed by atoms with Gasteiger partial charge in [-0.3, -0.25) is 9.59 Å². The molecule has 2 amide bonds. The maximum absolute atomic E-state index is 13.4. The summed E-state index contributed by atoms with van der Waals surface area (Å²) in [5, 5.41) is 2.93. The molecule has 4 saturated carbocycles. The van der Waals surface area contributed by atoms with E-state index in [2.05, 4.69) is 16.3 Å². The highest BCUT2D eigenvalue weighted by molar-refractivity contribution is 5.91. The van der Waals surface area contributed by atoms with E-state index < -0.39 is 5.41 Å². The van der Waals surface area contributed by atoms with Crippen LogP contribution in [0.5, 0.6) is 11.5 Å². The Labute approximate surface area is 177 Å². The Morgan fingerprint density at radius 2 is 1.87 bits per heavy atom. The van der Waals surface area contributed by atoms with Gasteiger partial charge in [-0.1, -0.05) is 12.1 Å². The summed E-state index contributed by atoms with van der Waals surface area (Å²) in [6, 6.07) is 6.22. The fourth-order valence-corrected chi connectivity index (χ4v) is 7.86. The first-order chi connectivity index (χ1) is 14.4. The van der Waals surface area contributed by atoms with Crippen LogP contribution in [0.2, 0.25) is 0 Å². The van der Waals surface area contributed by atoms with Crippen molar-refractivity contribution in [1.29, 1.82) is 0 Å². The number of likely N-dealkylation sites (tertiary alicyclic amines) is 1. The predicted octanol–water partition coefficient (Wildman–Crippen LogP) is 3.27. The average Bonchev–Trinajstić information content (AvgIpc) is 3.20. The Kier molecular flexibility index (Phi) is 3.66. The Morgan fingerprint density at radius 1 is 1.13 bits per heavy atom. The molecule has 2 heterocycles. The van der Waals surface area contributed by atoms with Gasteiger partial charge in [0.1, 0.15) is 0 Å². The van der Waals surface area contributed by atoms with Gasteiger partial charge in [0.2, 0.25) is 18.6 Å². The molecule has 1 saturated heterocycles. The molecular weight excluding hydrogens is 380 g/mol. The number of amides is 2. The van der Waals surface area contributed by atoms with Crippen LogP contribution in [-0.2, 0) is 9.59 Å². The zero-order valence-corrected chi connectivity index (χ0v) is 17.9. The van der Waals surface area contributed by atoms with Gasteiger partial charge in [0.15, 0.2) is 11.5 Å². The molecule has 160 valence electrons. The van der Waals surface area contributed by atoms with Gasteiger partial charge >= 0.3 is 0 Å². The second-order valence-corrected chi connectivity index (χ2v) is 10.7. The fourth-order valence-electron chi connectivity index (χ4n) is 7.86. The van der Waals surface area contributed by atoms with E-state index in [1.54, 1.807) is 7.05 Å². The highest BCUT2D eigenvalue weighted by Gasteiger charge is 2.65. The van der Waals surface area contributed by atoms with Crippen molar-refractivity contribution in [3.63, 3.8) is 0 Å². The predicted molar refractivity (Wildman–Crippen MR) is 110 cm³/mol. The number of β-lactam (4-membered cyclic amide) rings is 1. The lowest BCUT2D eigenvalue weighted by atomic mass is 9.46. The fraction of sp³-hybridized carbons (Fsp3) is 0.667. The van der Waals surface area contributed by atoms with Crippen LogP contribution < -0.4 is 14.8 Å². The Balaban J connectivity index is 1.38. The second-order valence-electron chi connectivity index (χ2n) is 10.7. The topological polar surface area (TPSA) is 67.9 Å². The van der Waals surface area contributed by atoms with E-state index in [1.165, 1.54) is 0 Å². The van der Waals surface area contributed by atoms with E-state index >= 15 is 0 Å². The normalized spacial score (nSPS) is 39.8. The summed E-state index contributed by atoms with van der Waals surface area (Å²) < 4.78 is 11.4. The lowest BCUT2D eigenvalue weighted by Gasteiger charge is -2.66. The minimum Gasteiger partial charge on any atom is -0.454 e. The first-order valence-corrected chi connectivity index (χ1v) is 11.3. The molecule has 4 aliphatic carbocycles. The smallest absolute Gasteiger partial charge is 0.231 e. The van der Waals surface area contributed by atoms with Crippen molar-refractivity contribution in [3.05, 3.63) is 23.8 Å². The third-order valence-electron chi connectivity index (χ3n) is 8.72. The summed E-state index contributed by atoms with van der Waals surface area (Å²) in [5.74, 6) is 3.44. The van der Waals surface area contributed by atoms with Crippen molar-refractivity contribution in [3.8, 4) is 11.5 Å². The molecule has 6 aliphatic rings. The molecule has 0 aromatic heterocycles. The van der Waals surface area contributed by atoms with E-state index in [0.717, 1.165) is 49.2 Å². The number of hydrogen-bond acceptors (Lipinski definition) is 4. The Morgan fingerprint density at radius 3 is 2.57 bits per heavy atom. The summed E-state index contributed by atoms with van der Waals surface area (Å²) in [7, 11) is 1.76. The largest absolute Gasteiger partial charge is 0.454 e. The van der Waals surface area contributed by atoms with Crippen LogP contribution in [0.3, 0.4) is 0 Å². The number of rotatable bonds is 3. The summed E-state index contributed by atoms with van der Waals surface area (Å²) in [6.07, 6.45) is 5.13. The summed E-state index contributed by atoms with van der Waals surface area (Å²) in [4.78, 5) is 28.4. The van der Waals surface area contributed by atoms with Gasteiger partial charge in [-0.2, -0.15) is 0 Å². The van der Waals surface area contributed by atoms with Crippen molar-refractivity contribution in [1.82, 2.24) is 10.2 Å². The first-order valence-electron chi connectivity index (χ1n) is 11.3. The van der Waals surface area contributed by atoms with E-state index in [9.17, 15) is 9.59 Å². The van der Waals surface area contributed by atoms with E-state index in [0.29, 0.717) is 17.8 Å². The highest BCUT2D eigenvalue weighted by Crippen LogP contribution is 2.65. The van der Waals surface area contributed by atoms with Crippen molar-refractivity contribution >= 4 is 11.8 Å². The number of nitrogens with one attached hydrogen (secondary N) is 1. The van der Waals surface area contributed by atoms with Gasteiger partial charge < -0.3 is 19.7 Å². The maximum atomic E-state index is 13.4. The first kappa shape index (κ1) is 18.5. The molecule has 3 unspecified atom stereocenters. The van der Waals surface area contributed by atoms with Gasteiger partial charge in [-0.05, 0) is 69.8 Å². The van der Waals surface area contributed by atoms with Gasteiger partial charge in [0, 0.05) is 18.7 Å². The quantitative estimate of drug-likeness (QED) is 0.777. The summed E-state index contributed by atoms with van der Waals surface area (Å²) in [6.45, 7) is 4.33. The standard InChI is InChI=1S/C24H30N2O4/c1-23(2)20(16-5-4-6-17-19(16)30-12-29-17)26(22(23)28)18-14-7-13-8-15(18)11-24(9-13,10-14)21(27)25-3/h4-6,13-15,18,20H,7-12H2,1-3H3,(H,25,27)/t13?,14?,15?,18-,20?,24-. The molecule has 1 aromatic rings. The van der Waals surface area contributed by atoms with Crippen molar-refractivity contribution in [2.45, 2.75) is 58.0 Å². The van der Waals surface area contributed by atoms with Crippen molar-refractivity contribution in [2.24, 2.45) is 28.6 Å². The van der Waals surface area contributed by atoms with E-state index in [4.69, 9.17) is 9.47 Å². The van der Waals surface area contributed by atoms with Crippen molar-refractivity contribution < 1.29 is 19.1 Å². The number of ether oxygens (including phenoxy) is 2. The van der Waals surface area contributed by atoms with Gasteiger partial charge in [0.25, 0.3) is 0 Å². The lowest BCUT2D eigenvalue weighted by Crippen LogP contribution is -2.71. The van der Waals surface area contributed by atoms with Crippen LogP contribution >= 0.6 is 0 Å². The van der Waals surface area contributed by atoms with Crippen molar-refractivity contribution in [2.75, 3.05) is 13.8 Å². The molecule has 7 rings (SSSR count). The zero-order chi connectivity index (χ0) is 20.8. The van der Waals surface area contributed by atoms with Gasteiger partial charge in [-0.15, -0.1) is 0 Å². The molecule has 6 nitrogen and oxygen atoms in total.